The number of anilines is 2. The second-order valence-electron chi connectivity index (χ2n) is 20.9. The van der Waals surface area contributed by atoms with Crippen LogP contribution in [0.1, 0.15) is 130 Å². The number of benzene rings is 3. The summed E-state index contributed by atoms with van der Waals surface area (Å²) in [5, 5.41) is 9.46. The minimum absolute atomic E-state index is 0.0280. The first-order chi connectivity index (χ1) is 34.8. The maximum atomic E-state index is 13.8. The van der Waals surface area contributed by atoms with Crippen molar-refractivity contribution in [3.05, 3.63) is 98.5 Å². The number of thiophene rings is 1. The molecule has 2 N–H and O–H groups in total. The number of aryl methyl sites for hydroxylation is 1. The Morgan fingerprint density at radius 2 is 1.68 bits per heavy atom. The van der Waals surface area contributed by atoms with Crippen molar-refractivity contribution >= 4 is 75.2 Å². The molecule has 15 nitrogen and oxygen atoms in total. The van der Waals surface area contributed by atoms with E-state index < -0.39 is 11.6 Å². The van der Waals surface area contributed by atoms with Crippen LogP contribution in [0.2, 0.25) is 5.02 Å². The third-order valence-corrected chi connectivity index (χ3v) is 15.9. The summed E-state index contributed by atoms with van der Waals surface area (Å²) in [6, 6.07) is 18.9. The minimum Gasteiger partial charge on any atom is -0.496 e. The number of carbonyl (C=O) groups excluding carboxylic acids is 5. The van der Waals surface area contributed by atoms with Crippen LogP contribution in [-0.2, 0) is 20.9 Å². The Labute approximate surface area is 438 Å². The summed E-state index contributed by atoms with van der Waals surface area (Å²) in [4.78, 5) is 82.0. The second kappa shape index (κ2) is 22.9. The normalized spacial score (nSPS) is 18.0. The Morgan fingerprint density at radius 1 is 0.945 bits per heavy atom. The van der Waals surface area contributed by atoms with Crippen LogP contribution in [0.15, 0.2) is 66.0 Å². The van der Waals surface area contributed by atoms with Crippen molar-refractivity contribution in [1.82, 2.24) is 30.0 Å². The fourth-order valence-corrected chi connectivity index (χ4v) is 11.6. The van der Waals surface area contributed by atoms with Gasteiger partial charge in [0, 0.05) is 81.1 Å². The van der Waals surface area contributed by atoms with Crippen molar-refractivity contribution in [3.63, 3.8) is 0 Å². The molecule has 6 amide bonds. The van der Waals surface area contributed by atoms with Gasteiger partial charge in [-0.15, -0.1) is 11.3 Å². The van der Waals surface area contributed by atoms with Crippen molar-refractivity contribution in [2.24, 2.45) is 11.8 Å². The Balaban J connectivity index is 0.833. The summed E-state index contributed by atoms with van der Waals surface area (Å²) in [7, 11) is 5.39. The standard InChI is InChI=1S/C56H69ClN8O7S/c1-34(49-29-41(33-73-49)42-14-10-9-13-40(42)32-63(7)55(70)72-56(3,4)5)58-51-44-30-43(48(71-8)31-46(44)59-35(2)60-51)37-15-17-38(18-16-37)52(67)62(6)24-11-12-36-21-25-64(26-22-36)53(68)39-19-20-45(57)47(28-39)65-27-23-50(66)61-54(65)69/h9-10,13-14,19-20,28-31,33-34,36-38H,11-12,15-18,21-27,32H2,1-8H3,(H,58,59,60)(H,61,66,69)/t34-,37-,38-/m1/s1. The van der Waals surface area contributed by atoms with Gasteiger partial charge in [0.25, 0.3) is 5.91 Å². The van der Waals surface area contributed by atoms with Crippen LogP contribution >= 0.6 is 22.9 Å². The zero-order valence-electron chi connectivity index (χ0n) is 43.4. The molecule has 0 spiro atoms. The molecule has 73 heavy (non-hydrogen) atoms. The first kappa shape index (κ1) is 53.0. The van der Waals surface area contributed by atoms with Crippen LogP contribution < -0.4 is 20.3 Å². The highest BCUT2D eigenvalue weighted by Crippen LogP contribution is 2.43. The quantitative estimate of drug-likeness (QED) is 0.103. The Kier molecular flexibility index (Phi) is 16.6. The highest BCUT2D eigenvalue weighted by Gasteiger charge is 2.32. The Hall–Kier alpha value is -6.26. The summed E-state index contributed by atoms with van der Waals surface area (Å²) in [5.74, 6) is 2.64. The summed E-state index contributed by atoms with van der Waals surface area (Å²) < 4.78 is 11.6. The number of carbonyl (C=O) groups is 5. The van der Waals surface area contributed by atoms with Crippen LogP contribution in [0.3, 0.4) is 0 Å². The summed E-state index contributed by atoms with van der Waals surface area (Å²) in [5.41, 5.74) is 5.39. The Bertz CT molecular complexity index is 2850. The summed E-state index contributed by atoms with van der Waals surface area (Å²) >= 11 is 8.11. The number of hydrogen-bond acceptors (Lipinski definition) is 11. The van der Waals surface area contributed by atoms with E-state index in [0.717, 1.165) is 101 Å². The van der Waals surface area contributed by atoms with Crippen molar-refractivity contribution < 1.29 is 33.4 Å². The number of nitrogens with one attached hydrogen (secondary N) is 2. The third kappa shape index (κ3) is 12.7. The number of hydrogen-bond donors (Lipinski definition) is 2. The molecule has 2 aromatic heterocycles. The monoisotopic (exact) mass is 1030 g/mol. The van der Waals surface area contributed by atoms with E-state index in [1.807, 2.05) is 62.7 Å². The van der Waals surface area contributed by atoms with E-state index in [0.29, 0.717) is 54.2 Å². The van der Waals surface area contributed by atoms with Crippen LogP contribution in [-0.4, -0.2) is 107 Å². The van der Waals surface area contributed by atoms with Crippen molar-refractivity contribution in [2.75, 3.05) is 57.6 Å². The number of amides is 6. The summed E-state index contributed by atoms with van der Waals surface area (Å²) in [6.45, 7) is 12.2. The number of halogens is 1. The number of imide groups is 1. The van der Waals surface area contributed by atoms with Gasteiger partial charge in [0.1, 0.15) is 23.0 Å². The minimum atomic E-state index is -0.577. The van der Waals surface area contributed by atoms with Gasteiger partial charge in [-0.2, -0.15) is 0 Å². The topological polar surface area (TPSA) is 167 Å². The number of ether oxygens (including phenoxy) is 2. The zero-order chi connectivity index (χ0) is 52.1. The number of rotatable bonds is 15. The van der Waals surface area contributed by atoms with Gasteiger partial charge in [0.15, 0.2) is 0 Å². The first-order valence-electron chi connectivity index (χ1n) is 25.5. The number of methoxy groups -OCH3 is 1. The maximum Gasteiger partial charge on any atom is 0.410 e. The van der Waals surface area contributed by atoms with Gasteiger partial charge in [-0.3, -0.25) is 24.6 Å². The van der Waals surface area contributed by atoms with Gasteiger partial charge in [-0.25, -0.2) is 19.6 Å². The van der Waals surface area contributed by atoms with Gasteiger partial charge in [-0.05, 0) is 156 Å². The number of fused-ring (bicyclic) bond motifs is 1. The number of piperidine rings is 1. The van der Waals surface area contributed by atoms with E-state index in [1.54, 1.807) is 48.6 Å². The molecule has 0 radical (unpaired) electrons. The number of urea groups is 1. The number of likely N-dealkylation sites (tertiary alicyclic amines) is 1. The van der Waals surface area contributed by atoms with E-state index in [9.17, 15) is 24.0 Å². The molecule has 8 rings (SSSR count). The lowest BCUT2D eigenvalue weighted by atomic mass is 9.77. The molecular formula is C56H69ClN8O7S. The van der Waals surface area contributed by atoms with E-state index in [-0.39, 0.29) is 54.7 Å². The van der Waals surface area contributed by atoms with E-state index in [1.165, 1.54) is 4.90 Å². The van der Waals surface area contributed by atoms with Crippen LogP contribution in [0.4, 0.5) is 21.1 Å². The molecule has 1 saturated carbocycles. The molecule has 3 fully saturated rings. The lowest BCUT2D eigenvalue weighted by Gasteiger charge is -2.33. The second-order valence-corrected chi connectivity index (χ2v) is 22.3. The lowest BCUT2D eigenvalue weighted by Crippen LogP contribution is -2.49. The fraction of sp³-hybridized carbons (Fsp3) is 0.482. The number of aromatic nitrogens is 2. The van der Waals surface area contributed by atoms with Crippen LogP contribution in [0.5, 0.6) is 5.75 Å². The SMILES string of the molecule is COc1cc2nc(C)nc(N[C@H](C)c3cc(-c4ccccc4CN(C)C(=O)OC(C)(C)C)cs3)c2cc1[C@H]1CC[C@H](C(=O)N(C)CCCC2CCN(C(=O)c3ccc(Cl)c(N4CCC(=O)NC4=O)c3)CC2)CC1. The average Bonchev–Trinajstić information content (AvgIpc) is 3.86. The molecule has 4 heterocycles. The molecule has 2 saturated heterocycles. The van der Waals surface area contributed by atoms with Crippen molar-refractivity contribution in [1.29, 1.82) is 0 Å². The van der Waals surface area contributed by atoms with Gasteiger partial charge in [0.05, 0.1) is 29.4 Å². The molecule has 388 valence electrons. The van der Waals surface area contributed by atoms with Gasteiger partial charge in [-0.1, -0.05) is 35.9 Å². The first-order valence-corrected chi connectivity index (χ1v) is 26.8. The predicted octanol–water partition coefficient (Wildman–Crippen LogP) is 11.4. The predicted molar refractivity (Wildman–Crippen MR) is 287 cm³/mol. The molecule has 0 unspecified atom stereocenters. The fourth-order valence-electron chi connectivity index (χ4n) is 10.4. The molecule has 5 aromatic rings. The maximum absolute atomic E-state index is 13.8. The molecule has 1 atom stereocenters. The number of nitrogens with zero attached hydrogens (tertiary/aromatic N) is 6. The molecule has 3 aromatic carbocycles. The van der Waals surface area contributed by atoms with Gasteiger partial charge < -0.3 is 29.5 Å². The smallest absolute Gasteiger partial charge is 0.410 e. The van der Waals surface area contributed by atoms with E-state index in [4.69, 9.17) is 31.0 Å². The molecule has 3 aliphatic rings. The molecule has 17 heteroatoms. The average molecular weight is 1030 g/mol. The van der Waals surface area contributed by atoms with Gasteiger partial charge >= 0.3 is 12.1 Å². The van der Waals surface area contributed by atoms with Crippen molar-refractivity contribution in [3.8, 4) is 16.9 Å². The van der Waals surface area contributed by atoms with E-state index in [2.05, 4.69) is 47.2 Å². The lowest BCUT2D eigenvalue weighted by molar-refractivity contribution is -0.135. The van der Waals surface area contributed by atoms with Crippen LogP contribution in [0.25, 0.3) is 22.0 Å². The largest absolute Gasteiger partial charge is 0.496 e. The molecule has 1 aliphatic carbocycles. The highest BCUT2D eigenvalue weighted by molar-refractivity contribution is 7.10. The van der Waals surface area contributed by atoms with E-state index >= 15 is 0 Å². The van der Waals surface area contributed by atoms with Crippen LogP contribution in [0, 0.1) is 18.8 Å². The molecule has 2 aliphatic heterocycles. The van der Waals surface area contributed by atoms with Crippen molar-refractivity contribution in [2.45, 2.75) is 117 Å². The summed E-state index contributed by atoms with van der Waals surface area (Å²) in [6.07, 6.45) is 6.80. The molecule has 0 bridgehead atoms. The molecular weight excluding hydrogens is 964 g/mol. The van der Waals surface area contributed by atoms with Gasteiger partial charge in [0.2, 0.25) is 11.8 Å². The zero-order valence-corrected chi connectivity index (χ0v) is 45.0. The Morgan fingerprint density at radius 3 is 2.40 bits per heavy atom. The highest BCUT2D eigenvalue weighted by atomic mass is 35.5. The third-order valence-electron chi connectivity index (χ3n) is 14.4.